The summed E-state index contributed by atoms with van der Waals surface area (Å²) in [4.78, 5) is 11.9. The second kappa shape index (κ2) is 7.97. The fourth-order valence-electron chi connectivity index (χ4n) is 2.44. The molecule has 3 rings (SSSR count). The molecule has 0 heterocycles. The van der Waals surface area contributed by atoms with Crippen molar-refractivity contribution < 1.29 is 14.3 Å². The van der Waals surface area contributed by atoms with Gasteiger partial charge in [-0.3, -0.25) is 4.79 Å². The zero-order valence-electron chi connectivity index (χ0n) is 13.8. The maximum atomic E-state index is 11.9. The molecule has 0 radical (unpaired) electrons. The van der Waals surface area contributed by atoms with Crippen molar-refractivity contribution in [2.45, 2.75) is 0 Å². The van der Waals surface area contributed by atoms with E-state index < -0.39 is 0 Å². The average Bonchev–Trinajstić information content (AvgIpc) is 2.66. The monoisotopic (exact) mass is 334 g/mol. The minimum absolute atomic E-state index is 0.114. The molecule has 5 heteroatoms. The average molecular weight is 334 g/mol. The number of ether oxygens (including phenoxy) is 2. The highest BCUT2D eigenvalue weighted by atomic mass is 16.5. The fourth-order valence-corrected chi connectivity index (χ4v) is 2.44. The van der Waals surface area contributed by atoms with Gasteiger partial charge in [-0.2, -0.15) is 5.10 Å². The molecule has 0 unspecified atom stereocenters. The summed E-state index contributed by atoms with van der Waals surface area (Å²) in [6.07, 6.45) is 1.54. The number of fused-ring (bicyclic) bond motifs is 1. The van der Waals surface area contributed by atoms with E-state index in [1.54, 1.807) is 7.11 Å². The maximum absolute atomic E-state index is 11.9. The third kappa shape index (κ3) is 4.14. The van der Waals surface area contributed by atoms with Crippen LogP contribution in [0.2, 0.25) is 0 Å². The number of benzene rings is 3. The molecule has 3 aromatic rings. The second-order valence-electron chi connectivity index (χ2n) is 5.30. The number of hydrogen-bond acceptors (Lipinski definition) is 4. The molecule has 1 amide bonds. The molecule has 0 saturated heterocycles. The molecule has 25 heavy (non-hydrogen) atoms. The molecular weight excluding hydrogens is 316 g/mol. The van der Waals surface area contributed by atoms with E-state index in [-0.39, 0.29) is 12.5 Å². The Morgan fingerprint density at radius 1 is 1.00 bits per heavy atom. The summed E-state index contributed by atoms with van der Waals surface area (Å²) in [5.74, 6) is 1.02. The second-order valence-corrected chi connectivity index (χ2v) is 5.30. The molecule has 5 nitrogen and oxygen atoms in total. The topological polar surface area (TPSA) is 59.9 Å². The molecule has 0 aliphatic carbocycles. The van der Waals surface area contributed by atoms with Crippen molar-refractivity contribution in [2.75, 3.05) is 13.7 Å². The summed E-state index contributed by atoms with van der Waals surface area (Å²) in [6, 6.07) is 21.0. The highest BCUT2D eigenvalue weighted by molar-refractivity contribution is 5.89. The minimum Gasteiger partial charge on any atom is -0.496 e. The van der Waals surface area contributed by atoms with Gasteiger partial charge in [0, 0.05) is 10.9 Å². The smallest absolute Gasteiger partial charge is 0.277 e. The predicted octanol–water partition coefficient (Wildman–Crippen LogP) is 3.38. The van der Waals surface area contributed by atoms with Gasteiger partial charge in [-0.15, -0.1) is 0 Å². The van der Waals surface area contributed by atoms with Crippen LogP contribution < -0.4 is 14.9 Å². The van der Waals surface area contributed by atoms with Crippen molar-refractivity contribution in [2.24, 2.45) is 5.10 Å². The van der Waals surface area contributed by atoms with Crippen LogP contribution in [-0.2, 0) is 4.79 Å². The third-order valence-corrected chi connectivity index (χ3v) is 3.64. The lowest BCUT2D eigenvalue weighted by Crippen LogP contribution is -2.24. The van der Waals surface area contributed by atoms with Gasteiger partial charge >= 0.3 is 0 Å². The Bertz CT molecular complexity index is 901. The van der Waals surface area contributed by atoms with E-state index in [9.17, 15) is 4.79 Å². The van der Waals surface area contributed by atoms with Gasteiger partial charge in [0.05, 0.1) is 13.3 Å². The Morgan fingerprint density at radius 2 is 1.72 bits per heavy atom. The van der Waals surface area contributed by atoms with Crippen LogP contribution in [0.15, 0.2) is 71.8 Å². The number of amides is 1. The molecular formula is C20H18N2O3. The minimum atomic E-state index is -0.334. The zero-order chi connectivity index (χ0) is 17.5. The largest absolute Gasteiger partial charge is 0.496 e. The van der Waals surface area contributed by atoms with Gasteiger partial charge < -0.3 is 9.47 Å². The van der Waals surface area contributed by atoms with E-state index in [1.165, 1.54) is 6.21 Å². The number of hydrazone groups is 1. The van der Waals surface area contributed by atoms with Crippen LogP contribution in [0, 0.1) is 0 Å². The Kier molecular flexibility index (Phi) is 5.26. The lowest BCUT2D eigenvalue weighted by Gasteiger charge is -2.08. The van der Waals surface area contributed by atoms with Crippen molar-refractivity contribution in [3.05, 3.63) is 72.3 Å². The number of nitrogens with one attached hydrogen (secondary N) is 1. The number of nitrogens with zero attached hydrogens (tertiary/aromatic N) is 1. The number of carbonyl (C=O) groups is 1. The van der Waals surface area contributed by atoms with Crippen molar-refractivity contribution >= 4 is 22.9 Å². The van der Waals surface area contributed by atoms with E-state index in [0.29, 0.717) is 11.5 Å². The van der Waals surface area contributed by atoms with Gasteiger partial charge in [0.1, 0.15) is 11.5 Å². The molecule has 0 aliphatic rings. The van der Waals surface area contributed by atoms with Crippen LogP contribution in [0.3, 0.4) is 0 Å². The number of hydrogen-bond donors (Lipinski definition) is 1. The van der Waals surface area contributed by atoms with E-state index in [2.05, 4.69) is 10.5 Å². The highest BCUT2D eigenvalue weighted by Gasteiger charge is 2.05. The molecule has 0 spiro atoms. The van der Waals surface area contributed by atoms with Crippen LogP contribution in [0.5, 0.6) is 11.5 Å². The van der Waals surface area contributed by atoms with Gasteiger partial charge in [-0.05, 0) is 23.6 Å². The van der Waals surface area contributed by atoms with Gasteiger partial charge in [-0.25, -0.2) is 5.43 Å². The first-order chi connectivity index (χ1) is 12.3. The molecule has 3 aromatic carbocycles. The predicted molar refractivity (Wildman–Crippen MR) is 98.2 cm³/mol. The quantitative estimate of drug-likeness (QED) is 0.555. The molecule has 126 valence electrons. The molecule has 0 aromatic heterocycles. The van der Waals surface area contributed by atoms with Gasteiger partial charge in [0.15, 0.2) is 6.61 Å². The Hall–Kier alpha value is -3.34. The van der Waals surface area contributed by atoms with E-state index in [4.69, 9.17) is 9.47 Å². The van der Waals surface area contributed by atoms with Gasteiger partial charge in [-0.1, -0.05) is 48.5 Å². The zero-order valence-corrected chi connectivity index (χ0v) is 13.8. The maximum Gasteiger partial charge on any atom is 0.277 e. The Labute approximate surface area is 145 Å². The lowest BCUT2D eigenvalue weighted by atomic mass is 10.1. The van der Waals surface area contributed by atoms with Crippen LogP contribution in [-0.4, -0.2) is 25.8 Å². The summed E-state index contributed by atoms with van der Waals surface area (Å²) in [6.45, 7) is -0.114. The molecule has 0 fully saturated rings. The van der Waals surface area contributed by atoms with Gasteiger partial charge in [0.25, 0.3) is 5.91 Å². The summed E-state index contributed by atoms with van der Waals surface area (Å²) in [7, 11) is 1.59. The van der Waals surface area contributed by atoms with Crippen LogP contribution in [0.4, 0.5) is 0 Å². The standard InChI is InChI=1S/C20H18N2O3/c1-24-18-11-5-3-8-16(18)13-21-22-20(23)14-25-19-12-6-9-15-7-2-4-10-17(15)19/h2-13H,14H2,1H3,(H,22,23)/b21-13+. The SMILES string of the molecule is COc1ccccc1/C=N/NC(=O)COc1cccc2ccccc12. The molecule has 0 saturated carbocycles. The molecule has 0 aliphatic heterocycles. The van der Waals surface area contributed by atoms with E-state index in [0.717, 1.165) is 16.3 Å². The van der Waals surface area contributed by atoms with Gasteiger partial charge in [0.2, 0.25) is 0 Å². The summed E-state index contributed by atoms with van der Waals surface area (Å²) in [5, 5.41) is 5.97. The lowest BCUT2D eigenvalue weighted by molar-refractivity contribution is -0.123. The first-order valence-corrected chi connectivity index (χ1v) is 7.83. The third-order valence-electron chi connectivity index (χ3n) is 3.64. The fraction of sp³-hybridized carbons (Fsp3) is 0.100. The first-order valence-electron chi connectivity index (χ1n) is 7.83. The van der Waals surface area contributed by atoms with Crippen molar-refractivity contribution in [3.8, 4) is 11.5 Å². The number of methoxy groups -OCH3 is 1. The first kappa shape index (κ1) is 16.5. The summed E-state index contributed by atoms with van der Waals surface area (Å²) >= 11 is 0. The normalized spacial score (nSPS) is 10.8. The van der Waals surface area contributed by atoms with Crippen molar-refractivity contribution in [3.63, 3.8) is 0 Å². The summed E-state index contributed by atoms with van der Waals surface area (Å²) in [5.41, 5.74) is 3.23. The Balaban J connectivity index is 1.59. The molecule has 0 atom stereocenters. The number of para-hydroxylation sites is 1. The summed E-state index contributed by atoms with van der Waals surface area (Å²) < 4.78 is 10.8. The molecule has 0 bridgehead atoms. The van der Waals surface area contributed by atoms with E-state index in [1.807, 2.05) is 66.7 Å². The molecule has 1 N–H and O–H groups in total. The van der Waals surface area contributed by atoms with Crippen molar-refractivity contribution in [1.82, 2.24) is 5.43 Å². The highest BCUT2D eigenvalue weighted by Crippen LogP contribution is 2.24. The van der Waals surface area contributed by atoms with Crippen LogP contribution >= 0.6 is 0 Å². The van der Waals surface area contributed by atoms with Crippen LogP contribution in [0.25, 0.3) is 10.8 Å². The van der Waals surface area contributed by atoms with Crippen molar-refractivity contribution in [1.29, 1.82) is 0 Å². The van der Waals surface area contributed by atoms with E-state index >= 15 is 0 Å². The number of rotatable bonds is 6. The van der Waals surface area contributed by atoms with Crippen LogP contribution in [0.1, 0.15) is 5.56 Å². The Morgan fingerprint density at radius 3 is 2.60 bits per heavy atom. The number of carbonyl (C=O) groups excluding carboxylic acids is 1.